The van der Waals surface area contributed by atoms with Crippen molar-refractivity contribution < 1.29 is 4.79 Å². The van der Waals surface area contributed by atoms with Gasteiger partial charge in [0.1, 0.15) is 5.69 Å². The van der Waals surface area contributed by atoms with E-state index in [1.807, 2.05) is 24.4 Å². The van der Waals surface area contributed by atoms with Crippen molar-refractivity contribution in [2.75, 3.05) is 11.4 Å². The second-order valence-electron chi connectivity index (χ2n) is 6.32. The molecule has 0 fully saturated rings. The summed E-state index contributed by atoms with van der Waals surface area (Å²) < 4.78 is 2.08. The van der Waals surface area contributed by atoms with Crippen LogP contribution in [0.4, 0.5) is 11.4 Å². The maximum absolute atomic E-state index is 12.5. The molecule has 120 valence electrons. The lowest BCUT2D eigenvalue weighted by atomic mass is 10.1. The summed E-state index contributed by atoms with van der Waals surface area (Å²) in [6.45, 7) is 3.55. The summed E-state index contributed by atoms with van der Waals surface area (Å²) in [6.07, 6.45) is 2.59. The molecule has 0 amide bonds. The minimum atomic E-state index is 0.231. The molecular formula is C21H20N2O. The number of para-hydroxylation sites is 1. The Morgan fingerprint density at radius 2 is 1.71 bits per heavy atom. The highest BCUT2D eigenvalue weighted by Crippen LogP contribution is 2.34. The number of rotatable bonds is 3. The molecule has 0 saturated carbocycles. The summed E-state index contributed by atoms with van der Waals surface area (Å²) >= 11 is 0. The molecule has 0 atom stereocenters. The van der Waals surface area contributed by atoms with Gasteiger partial charge in [-0.1, -0.05) is 48.0 Å². The Balaban J connectivity index is 1.70. The molecule has 0 N–H and O–H groups in total. The predicted octanol–water partition coefficient (Wildman–Crippen LogP) is 4.57. The predicted molar refractivity (Wildman–Crippen MR) is 97.1 cm³/mol. The maximum Gasteiger partial charge on any atom is 0.183 e. The first-order valence-electron chi connectivity index (χ1n) is 8.33. The van der Waals surface area contributed by atoms with Crippen molar-refractivity contribution in [2.24, 2.45) is 0 Å². The molecule has 0 unspecified atom stereocenters. The summed E-state index contributed by atoms with van der Waals surface area (Å²) in [5.74, 6) is 0.231. The van der Waals surface area contributed by atoms with E-state index in [0.717, 1.165) is 30.2 Å². The molecule has 0 bridgehead atoms. The van der Waals surface area contributed by atoms with E-state index < -0.39 is 0 Å². The number of ketones is 1. The first-order valence-corrected chi connectivity index (χ1v) is 8.33. The number of hydrogen-bond acceptors (Lipinski definition) is 2. The van der Waals surface area contributed by atoms with Crippen LogP contribution in [0.5, 0.6) is 0 Å². The van der Waals surface area contributed by atoms with Gasteiger partial charge in [0, 0.05) is 31.4 Å². The normalized spacial score (nSPS) is 13.9. The van der Waals surface area contributed by atoms with Crippen LogP contribution in [0.25, 0.3) is 0 Å². The van der Waals surface area contributed by atoms with E-state index in [1.165, 1.54) is 11.1 Å². The third kappa shape index (κ3) is 2.62. The molecule has 2 aromatic carbocycles. The van der Waals surface area contributed by atoms with Gasteiger partial charge in [-0.3, -0.25) is 4.79 Å². The molecule has 0 radical (unpaired) electrons. The monoisotopic (exact) mass is 316 g/mol. The molecule has 0 saturated heterocycles. The average molecular weight is 316 g/mol. The van der Waals surface area contributed by atoms with Crippen LogP contribution in [0.15, 0.2) is 66.9 Å². The Labute approximate surface area is 142 Å². The van der Waals surface area contributed by atoms with Crippen molar-refractivity contribution in [3.8, 4) is 0 Å². The number of fused-ring (bicyclic) bond motifs is 1. The van der Waals surface area contributed by atoms with Crippen LogP contribution >= 0.6 is 0 Å². The lowest BCUT2D eigenvalue weighted by Gasteiger charge is -2.29. The number of aryl methyl sites for hydroxylation is 1. The average Bonchev–Trinajstić information content (AvgIpc) is 3.03. The highest BCUT2D eigenvalue weighted by Gasteiger charge is 2.27. The molecule has 2 heterocycles. The van der Waals surface area contributed by atoms with Crippen molar-refractivity contribution in [3.63, 3.8) is 0 Å². The Bertz CT molecular complexity index is 863. The Hall–Kier alpha value is -2.81. The van der Waals surface area contributed by atoms with E-state index in [4.69, 9.17) is 0 Å². The fraction of sp³-hybridized carbons (Fsp3) is 0.190. The molecule has 1 aliphatic rings. The van der Waals surface area contributed by atoms with Crippen LogP contribution in [0.1, 0.15) is 28.0 Å². The zero-order valence-corrected chi connectivity index (χ0v) is 13.8. The molecular weight excluding hydrogens is 296 g/mol. The zero-order valence-electron chi connectivity index (χ0n) is 13.8. The van der Waals surface area contributed by atoms with Gasteiger partial charge in [-0.2, -0.15) is 0 Å². The van der Waals surface area contributed by atoms with Crippen molar-refractivity contribution in [1.82, 2.24) is 4.57 Å². The van der Waals surface area contributed by atoms with Gasteiger partial charge in [-0.25, -0.2) is 0 Å². The number of carbonyl (C=O) groups is 1. The van der Waals surface area contributed by atoms with Crippen LogP contribution in [0.2, 0.25) is 0 Å². The van der Waals surface area contributed by atoms with Crippen LogP contribution < -0.4 is 4.90 Å². The number of aromatic nitrogens is 1. The molecule has 1 aliphatic heterocycles. The van der Waals surface area contributed by atoms with Crippen LogP contribution in [0.3, 0.4) is 0 Å². The van der Waals surface area contributed by atoms with E-state index in [0.29, 0.717) is 6.42 Å². The van der Waals surface area contributed by atoms with Gasteiger partial charge >= 0.3 is 0 Å². The highest BCUT2D eigenvalue weighted by molar-refractivity contribution is 6.03. The summed E-state index contributed by atoms with van der Waals surface area (Å²) in [5.41, 5.74) is 5.44. The Morgan fingerprint density at radius 1 is 0.958 bits per heavy atom. The van der Waals surface area contributed by atoms with Crippen molar-refractivity contribution >= 4 is 17.2 Å². The Kier molecular flexibility index (Phi) is 3.69. The second kappa shape index (κ2) is 6.00. The third-order valence-electron chi connectivity index (χ3n) is 4.60. The number of nitrogens with zero attached hydrogens (tertiary/aromatic N) is 2. The number of anilines is 2. The number of carbonyl (C=O) groups excluding carboxylic acids is 1. The standard InChI is InChI=1S/C21H20N2O/c1-16-7-9-17(10-8-16)15-22-13-11-19-21(22)20(24)12-14-23(19)18-5-3-2-4-6-18/h2-11,13H,12,14-15H2,1H3. The van der Waals surface area contributed by atoms with Crippen molar-refractivity contribution in [1.29, 1.82) is 0 Å². The summed E-state index contributed by atoms with van der Waals surface area (Å²) in [4.78, 5) is 14.8. The third-order valence-corrected chi connectivity index (χ3v) is 4.60. The lowest BCUT2D eigenvalue weighted by Crippen LogP contribution is -2.28. The van der Waals surface area contributed by atoms with Gasteiger partial charge in [0.2, 0.25) is 0 Å². The summed E-state index contributed by atoms with van der Waals surface area (Å²) in [6, 6.07) is 20.8. The van der Waals surface area contributed by atoms with Crippen LogP contribution in [0, 0.1) is 6.92 Å². The molecule has 3 heteroatoms. The van der Waals surface area contributed by atoms with Crippen LogP contribution in [-0.2, 0) is 6.54 Å². The van der Waals surface area contributed by atoms with E-state index in [-0.39, 0.29) is 5.78 Å². The molecule has 4 rings (SSSR count). The van der Waals surface area contributed by atoms with Gasteiger partial charge in [0.25, 0.3) is 0 Å². The van der Waals surface area contributed by atoms with E-state index in [9.17, 15) is 4.79 Å². The SMILES string of the molecule is Cc1ccc(Cn2ccc3c2C(=O)CCN3c2ccccc2)cc1. The lowest BCUT2D eigenvalue weighted by molar-refractivity contribution is 0.0972. The number of benzene rings is 2. The first kappa shape index (κ1) is 14.8. The molecule has 0 aliphatic carbocycles. The van der Waals surface area contributed by atoms with Gasteiger partial charge in [-0.15, -0.1) is 0 Å². The first-order chi connectivity index (χ1) is 11.7. The quantitative estimate of drug-likeness (QED) is 0.707. The van der Waals surface area contributed by atoms with E-state index >= 15 is 0 Å². The molecule has 3 aromatic rings. The Morgan fingerprint density at radius 3 is 2.46 bits per heavy atom. The van der Waals surface area contributed by atoms with E-state index in [1.54, 1.807) is 0 Å². The molecule has 3 nitrogen and oxygen atoms in total. The smallest absolute Gasteiger partial charge is 0.183 e. The van der Waals surface area contributed by atoms with Crippen molar-refractivity contribution in [3.05, 3.63) is 83.7 Å². The van der Waals surface area contributed by atoms with Gasteiger partial charge in [0.05, 0.1) is 5.69 Å². The van der Waals surface area contributed by atoms with E-state index in [2.05, 4.69) is 58.9 Å². The van der Waals surface area contributed by atoms with Crippen LogP contribution in [-0.4, -0.2) is 16.9 Å². The fourth-order valence-electron chi connectivity index (χ4n) is 3.33. The highest BCUT2D eigenvalue weighted by atomic mass is 16.1. The van der Waals surface area contributed by atoms with Gasteiger partial charge in [0.15, 0.2) is 5.78 Å². The summed E-state index contributed by atoms with van der Waals surface area (Å²) in [5, 5.41) is 0. The van der Waals surface area contributed by atoms with Gasteiger partial charge < -0.3 is 9.47 Å². The number of Topliss-reactive ketones (excluding diaryl/α,β-unsaturated/α-hetero) is 1. The minimum absolute atomic E-state index is 0.231. The molecule has 0 spiro atoms. The largest absolute Gasteiger partial charge is 0.339 e. The summed E-state index contributed by atoms with van der Waals surface area (Å²) in [7, 11) is 0. The zero-order chi connectivity index (χ0) is 16.5. The fourth-order valence-corrected chi connectivity index (χ4v) is 3.33. The minimum Gasteiger partial charge on any atom is -0.339 e. The maximum atomic E-state index is 12.5. The molecule has 1 aromatic heterocycles. The second-order valence-corrected chi connectivity index (χ2v) is 6.32. The van der Waals surface area contributed by atoms with Crippen molar-refractivity contribution in [2.45, 2.75) is 19.9 Å². The molecule has 24 heavy (non-hydrogen) atoms. The number of hydrogen-bond donors (Lipinski definition) is 0. The van der Waals surface area contributed by atoms with Gasteiger partial charge in [-0.05, 0) is 30.7 Å². The topological polar surface area (TPSA) is 25.2 Å².